The molecule has 0 aliphatic heterocycles. The van der Waals surface area contributed by atoms with E-state index in [4.69, 9.17) is 4.55 Å². The van der Waals surface area contributed by atoms with Gasteiger partial charge in [0, 0.05) is 5.38 Å². The first kappa shape index (κ1) is 25.6. The van der Waals surface area contributed by atoms with Crippen molar-refractivity contribution in [2.24, 2.45) is 0 Å². The zero-order valence-corrected chi connectivity index (χ0v) is 20.7. The second kappa shape index (κ2) is 11.4. The van der Waals surface area contributed by atoms with Gasteiger partial charge in [0.25, 0.3) is 5.91 Å². The van der Waals surface area contributed by atoms with Gasteiger partial charge in [-0.1, -0.05) is 19.1 Å². The van der Waals surface area contributed by atoms with Gasteiger partial charge in [-0.25, -0.2) is 9.97 Å². The SMILES string of the molecule is CCc1nc(C(Cc2ccc(NS(=O)(=O)O)cc2)Nc2scnc2C(=O)NCC(=O)OC)cs1. The van der Waals surface area contributed by atoms with Crippen molar-refractivity contribution in [3.05, 3.63) is 57.1 Å². The average Bonchev–Trinajstić information content (AvgIpc) is 3.46. The van der Waals surface area contributed by atoms with Gasteiger partial charge in [0.2, 0.25) is 0 Å². The molecule has 2 heterocycles. The minimum atomic E-state index is -4.36. The Morgan fingerprint density at radius 3 is 2.56 bits per heavy atom. The summed E-state index contributed by atoms with van der Waals surface area (Å²) in [7, 11) is -3.12. The Morgan fingerprint density at radius 1 is 1.21 bits per heavy atom. The highest BCUT2D eigenvalue weighted by atomic mass is 32.2. The number of nitrogens with zero attached hydrogens (tertiary/aromatic N) is 2. The van der Waals surface area contributed by atoms with E-state index < -0.39 is 22.2 Å². The molecule has 1 unspecified atom stereocenters. The van der Waals surface area contributed by atoms with Crippen molar-refractivity contribution in [2.45, 2.75) is 25.8 Å². The van der Waals surface area contributed by atoms with Crippen LogP contribution in [0.5, 0.6) is 0 Å². The minimum absolute atomic E-state index is 0.151. The van der Waals surface area contributed by atoms with Crippen LogP contribution in [0.4, 0.5) is 10.7 Å². The number of aryl methyl sites for hydroxylation is 1. The highest BCUT2D eigenvalue weighted by Gasteiger charge is 2.22. The number of benzene rings is 1. The van der Waals surface area contributed by atoms with Gasteiger partial charge in [0.15, 0.2) is 5.69 Å². The van der Waals surface area contributed by atoms with Gasteiger partial charge in [0.05, 0.1) is 35.1 Å². The highest BCUT2D eigenvalue weighted by molar-refractivity contribution is 7.87. The molecule has 0 aliphatic carbocycles. The van der Waals surface area contributed by atoms with Gasteiger partial charge in [-0.05, 0) is 30.5 Å². The number of carbonyl (C=O) groups is 2. The van der Waals surface area contributed by atoms with Crippen molar-refractivity contribution in [3.8, 4) is 0 Å². The molecule has 0 saturated heterocycles. The number of methoxy groups -OCH3 is 1. The molecule has 4 N–H and O–H groups in total. The van der Waals surface area contributed by atoms with Crippen LogP contribution in [0.15, 0.2) is 35.2 Å². The lowest BCUT2D eigenvalue weighted by molar-refractivity contribution is -0.139. The lowest BCUT2D eigenvalue weighted by Crippen LogP contribution is -2.31. The highest BCUT2D eigenvalue weighted by Crippen LogP contribution is 2.30. The van der Waals surface area contributed by atoms with E-state index in [0.29, 0.717) is 11.4 Å². The van der Waals surface area contributed by atoms with Crippen molar-refractivity contribution < 1.29 is 27.3 Å². The molecule has 11 nitrogen and oxygen atoms in total. The number of thiazole rings is 2. The number of ether oxygens (including phenoxy) is 1. The number of nitrogens with one attached hydrogen (secondary N) is 3. The van der Waals surface area contributed by atoms with Crippen LogP contribution in [0.3, 0.4) is 0 Å². The van der Waals surface area contributed by atoms with Crippen molar-refractivity contribution in [3.63, 3.8) is 0 Å². The summed E-state index contributed by atoms with van der Waals surface area (Å²) >= 11 is 2.78. The Balaban J connectivity index is 1.81. The molecule has 0 fully saturated rings. The first-order valence-electron chi connectivity index (χ1n) is 10.0. The second-order valence-electron chi connectivity index (χ2n) is 6.98. The first-order valence-corrected chi connectivity index (χ1v) is 13.2. The zero-order chi connectivity index (χ0) is 24.7. The largest absolute Gasteiger partial charge is 0.468 e. The Hall–Kier alpha value is -3.07. The van der Waals surface area contributed by atoms with E-state index in [1.54, 1.807) is 12.1 Å². The molecule has 34 heavy (non-hydrogen) atoms. The zero-order valence-electron chi connectivity index (χ0n) is 18.3. The van der Waals surface area contributed by atoms with E-state index in [1.807, 2.05) is 17.0 Å². The molecule has 3 aromatic rings. The number of esters is 1. The predicted molar refractivity (Wildman–Crippen MR) is 130 cm³/mol. The second-order valence-corrected chi connectivity index (χ2v) is 9.94. The standard InChI is InChI=1S/C20H23N5O6S3/c1-3-16-23-15(10-32-16)14(8-12-4-6-13(7-5-12)25-34(28,29)30)24-20-18(22-11-33-20)19(27)21-9-17(26)31-2/h4-7,10-11,14,24-25H,3,8-9H2,1-2H3,(H,21,27)(H,28,29,30). The quantitative estimate of drug-likeness (QED) is 0.218. The minimum Gasteiger partial charge on any atom is -0.468 e. The maximum atomic E-state index is 12.5. The Labute approximate surface area is 204 Å². The number of anilines is 2. The summed E-state index contributed by atoms with van der Waals surface area (Å²) in [4.78, 5) is 32.7. The van der Waals surface area contributed by atoms with Crippen LogP contribution in [0.1, 0.15) is 39.7 Å². The topological polar surface area (TPSA) is 160 Å². The molecule has 3 rings (SSSR count). The summed E-state index contributed by atoms with van der Waals surface area (Å²) in [6.07, 6.45) is 1.26. The summed E-state index contributed by atoms with van der Waals surface area (Å²) in [5.41, 5.74) is 3.56. The van der Waals surface area contributed by atoms with Gasteiger partial charge < -0.3 is 15.4 Å². The number of hydrogen-bond acceptors (Lipinski definition) is 10. The third kappa shape index (κ3) is 7.21. The number of carbonyl (C=O) groups excluding carboxylic acids is 2. The van der Waals surface area contributed by atoms with E-state index in [9.17, 15) is 18.0 Å². The summed E-state index contributed by atoms with van der Waals surface area (Å²) in [5, 5.41) is 9.25. The summed E-state index contributed by atoms with van der Waals surface area (Å²) < 4.78 is 37.5. The normalized spacial score (nSPS) is 12.1. The third-order valence-electron chi connectivity index (χ3n) is 4.58. The Kier molecular flexibility index (Phi) is 8.55. The number of rotatable bonds is 11. The average molecular weight is 526 g/mol. The van der Waals surface area contributed by atoms with Gasteiger partial charge in [0.1, 0.15) is 11.5 Å². The molecule has 182 valence electrons. The maximum absolute atomic E-state index is 12.5. The van der Waals surface area contributed by atoms with Crippen LogP contribution >= 0.6 is 22.7 Å². The molecule has 0 radical (unpaired) electrons. The molecular weight excluding hydrogens is 502 g/mol. The summed E-state index contributed by atoms with van der Waals surface area (Å²) in [6.45, 7) is 1.74. The molecule has 1 atom stereocenters. The molecule has 0 spiro atoms. The smallest absolute Gasteiger partial charge is 0.357 e. The van der Waals surface area contributed by atoms with Gasteiger partial charge in [-0.15, -0.1) is 22.7 Å². The van der Waals surface area contributed by atoms with Crippen molar-refractivity contribution in [1.29, 1.82) is 0 Å². The molecule has 0 bridgehead atoms. The van der Waals surface area contributed by atoms with Crippen LogP contribution in [-0.2, 0) is 32.7 Å². The molecule has 0 aliphatic rings. The van der Waals surface area contributed by atoms with Crippen molar-refractivity contribution in [1.82, 2.24) is 15.3 Å². The molecule has 14 heteroatoms. The third-order valence-corrected chi connectivity index (χ3v) is 6.84. The van der Waals surface area contributed by atoms with Crippen LogP contribution in [0, 0.1) is 0 Å². The van der Waals surface area contributed by atoms with Crippen LogP contribution < -0.4 is 15.4 Å². The summed E-state index contributed by atoms with van der Waals surface area (Å²) in [5.74, 6) is -1.08. The molecular formula is C20H23N5O6S3. The van der Waals surface area contributed by atoms with E-state index in [1.165, 1.54) is 47.4 Å². The van der Waals surface area contributed by atoms with Gasteiger partial charge >= 0.3 is 16.3 Å². The number of amides is 1. The van der Waals surface area contributed by atoms with Crippen LogP contribution in [0.25, 0.3) is 0 Å². The van der Waals surface area contributed by atoms with Crippen molar-refractivity contribution in [2.75, 3.05) is 23.7 Å². The fourth-order valence-electron chi connectivity index (χ4n) is 2.95. The molecule has 1 aromatic carbocycles. The number of aromatic nitrogens is 2. The van der Waals surface area contributed by atoms with E-state index in [2.05, 4.69) is 25.3 Å². The fraction of sp³-hybridized carbons (Fsp3) is 0.300. The van der Waals surface area contributed by atoms with Crippen LogP contribution in [0.2, 0.25) is 0 Å². The fourth-order valence-corrected chi connectivity index (χ4v) is 4.91. The van der Waals surface area contributed by atoms with Gasteiger partial charge in [-0.2, -0.15) is 8.42 Å². The lowest BCUT2D eigenvalue weighted by Gasteiger charge is -2.18. The lowest BCUT2D eigenvalue weighted by atomic mass is 10.0. The first-order chi connectivity index (χ1) is 16.2. The van der Waals surface area contributed by atoms with Crippen molar-refractivity contribution >= 4 is 55.5 Å². The van der Waals surface area contributed by atoms with Gasteiger partial charge in [-0.3, -0.25) is 18.9 Å². The van der Waals surface area contributed by atoms with E-state index in [-0.39, 0.29) is 24.0 Å². The van der Waals surface area contributed by atoms with E-state index in [0.717, 1.165) is 22.7 Å². The molecule has 0 saturated carbocycles. The van der Waals surface area contributed by atoms with E-state index >= 15 is 0 Å². The number of hydrogen-bond donors (Lipinski definition) is 4. The summed E-state index contributed by atoms with van der Waals surface area (Å²) in [6, 6.07) is 6.22. The predicted octanol–water partition coefficient (Wildman–Crippen LogP) is 2.68. The Bertz CT molecular complexity index is 1240. The Morgan fingerprint density at radius 2 is 1.94 bits per heavy atom. The molecule has 2 aromatic heterocycles. The molecule has 1 amide bonds. The monoisotopic (exact) mass is 525 g/mol. The maximum Gasteiger partial charge on any atom is 0.357 e. The van der Waals surface area contributed by atoms with Crippen LogP contribution in [-0.4, -0.2) is 48.5 Å².